The Morgan fingerprint density at radius 3 is 2.75 bits per heavy atom. The molecule has 6 heteroatoms. The van der Waals surface area contributed by atoms with Crippen molar-refractivity contribution < 1.29 is 9.59 Å². The molecule has 2 aliphatic rings. The fourth-order valence-electron chi connectivity index (χ4n) is 2.86. The van der Waals surface area contributed by atoms with Crippen molar-refractivity contribution in [3.63, 3.8) is 0 Å². The molecule has 5 nitrogen and oxygen atoms in total. The van der Waals surface area contributed by atoms with Gasteiger partial charge in [-0.1, -0.05) is 19.9 Å². The van der Waals surface area contributed by atoms with Crippen LogP contribution in [0, 0.1) is 5.92 Å². The third-order valence-corrected chi connectivity index (χ3v) is 5.73. The summed E-state index contributed by atoms with van der Waals surface area (Å²) in [6.07, 6.45) is 3.05. The Morgan fingerprint density at radius 1 is 1.42 bits per heavy atom. The average Bonchev–Trinajstić information content (AvgIpc) is 3.31. The molecule has 0 spiro atoms. The maximum absolute atomic E-state index is 12.5. The lowest BCUT2D eigenvalue weighted by Gasteiger charge is -2.13. The minimum Gasteiger partial charge on any atom is -0.352 e. The van der Waals surface area contributed by atoms with Crippen molar-refractivity contribution in [1.82, 2.24) is 15.6 Å². The molecule has 2 fully saturated rings. The molecule has 1 aliphatic heterocycles. The van der Waals surface area contributed by atoms with E-state index in [1.165, 1.54) is 18.4 Å². The molecule has 1 saturated carbocycles. The van der Waals surface area contributed by atoms with Crippen LogP contribution < -0.4 is 10.6 Å². The normalized spacial score (nSPS) is 23.4. The first-order chi connectivity index (χ1) is 11.4. The molecule has 1 aliphatic carbocycles. The Bertz CT molecular complexity index is 643. The van der Waals surface area contributed by atoms with Crippen LogP contribution in [0.5, 0.6) is 0 Å². The Labute approximate surface area is 147 Å². The maximum Gasteiger partial charge on any atom is 0.270 e. The van der Waals surface area contributed by atoms with Crippen LogP contribution in [0.1, 0.15) is 62.0 Å². The van der Waals surface area contributed by atoms with Crippen molar-refractivity contribution in [3.05, 3.63) is 23.4 Å². The second-order valence-electron chi connectivity index (χ2n) is 7.24. The number of nitrogens with zero attached hydrogens (tertiary/aromatic N) is 1. The number of rotatable bonds is 6. The highest BCUT2D eigenvalue weighted by Crippen LogP contribution is 2.43. The van der Waals surface area contributed by atoms with Crippen molar-refractivity contribution >= 4 is 23.6 Å². The minimum absolute atomic E-state index is 0.102. The maximum atomic E-state index is 12.5. The summed E-state index contributed by atoms with van der Waals surface area (Å²) < 4.78 is 0. The van der Waals surface area contributed by atoms with Gasteiger partial charge < -0.3 is 10.6 Å². The molecule has 0 radical (unpaired) electrons. The number of aromatic nitrogens is 1. The van der Waals surface area contributed by atoms with Gasteiger partial charge in [-0.25, -0.2) is 4.98 Å². The molecule has 1 unspecified atom stereocenters. The SMILES string of the molecule is CC(C)CSc1nc(C(=O)N[C@H]2CC(C)NC2=O)ccc1C1CC1. The first-order valence-corrected chi connectivity index (χ1v) is 9.67. The van der Waals surface area contributed by atoms with E-state index < -0.39 is 6.04 Å². The van der Waals surface area contributed by atoms with Gasteiger partial charge in [0.2, 0.25) is 5.91 Å². The van der Waals surface area contributed by atoms with Crippen molar-refractivity contribution in [2.75, 3.05) is 5.75 Å². The molecule has 1 aromatic heterocycles. The number of hydrogen-bond acceptors (Lipinski definition) is 4. The van der Waals surface area contributed by atoms with Crippen molar-refractivity contribution in [3.8, 4) is 0 Å². The fraction of sp³-hybridized carbons (Fsp3) is 0.611. The van der Waals surface area contributed by atoms with Gasteiger partial charge in [0.1, 0.15) is 16.8 Å². The molecule has 130 valence electrons. The molecule has 1 saturated heterocycles. The van der Waals surface area contributed by atoms with E-state index >= 15 is 0 Å². The van der Waals surface area contributed by atoms with Gasteiger partial charge >= 0.3 is 0 Å². The molecule has 0 aromatic carbocycles. The third-order valence-electron chi connectivity index (χ3n) is 4.29. The Hall–Kier alpha value is -1.56. The second-order valence-corrected chi connectivity index (χ2v) is 8.25. The van der Waals surface area contributed by atoms with E-state index in [0.29, 0.717) is 24.0 Å². The predicted molar refractivity (Wildman–Crippen MR) is 95.2 cm³/mol. The highest BCUT2D eigenvalue weighted by atomic mass is 32.2. The van der Waals surface area contributed by atoms with E-state index in [9.17, 15) is 9.59 Å². The van der Waals surface area contributed by atoms with Gasteiger partial charge in [0.15, 0.2) is 0 Å². The lowest BCUT2D eigenvalue weighted by Crippen LogP contribution is -2.40. The van der Waals surface area contributed by atoms with Gasteiger partial charge in [-0.05, 0) is 49.7 Å². The van der Waals surface area contributed by atoms with Crippen LogP contribution in [0.15, 0.2) is 17.2 Å². The van der Waals surface area contributed by atoms with Crippen LogP contribution in [-0.2, 0) is 4.79 Å². The Balaban J connectivity index is 1.73. The summed E-state index contributed by atoms with van der Waals surface area (Å²) in [4.78, 5) is 28.9. The molecule has 0 bridgehead atoms. The molecule has 1 aromatic rings. The van der Waals surface area contributed by atoms with Crippen LogP contribution in [-0.4, -0.2) is 34.6 Å². The smallest absolute Gasteiger partial charge is 0.270 e. The van der Waals surface area contributed by atoms with E-state index in [1.807, 2.05) is 13.0 Å². The van der Waals surface area contributed by atoms with E-state index in [4.69, 9.17) is 0 Å². The van der Waals surface area contributed by atoms with E-state index in [0.717, 1.165) is 10.8 Å². The topological polar surface area (TPSA) is 71.1 Å². The molecular formula is C18H25N3O2S. The van der Waals surface area contributed by atoms with Crippen molar-refractivity contribution in [2.45, 2.75) is 63.1 Å². The summed E-state index contributed by atoms with van der Waals surface area (Å²) in [5, 5.41) is 6.61. The van der Waals surface area contributed by atoms with Crippen molar-refractivity contribution in [2.24, 2.45) is 5.92 Å². The number of nitrogens with one attached hydrogen (secondary N) is 2. The molecule has 2 amide bonds. The predicted octanol–water partition coefficient (Wildman–Crippen LogP) is 2.71. The lowest BCUT2D eigenvalue weighted by atomic mass is 10.1. The standard InChI is InChI=1S/C18H25N3O2S/c1-10(2)9-24-18-13(12-4-5-12)6-7-14(21-18)16(22)20-15-8-11(3)19-17(15)23/h6-7,10-12,15H,4-5,8-9H2,1-3H3,(H,19,23)(H,20,22)/t11?,15-/m0/s1. The zero-order valence-electron chi connectivity index (χ0n) is 14.5. The second kappa shape index (κ2) is 7.13. The number of carbonyl (C=O) groups is 2. The largest absolute Gasteiger partial charge is 0.352 e. The first kappa shape index (κ1) is 17.3. The zero-order chi connectivity index (χ0) is 17.3. The number of thioether (sulfide) groups is 1. The van der Waals surface area contributed by atoms with Crippen LogP contribution in [0.25, 0.3) is 0 Å². The fourth-order valence-corrected chi connectivity index (χ4v) is 3.92. The Kier molecular flexibility index (Phi) is 5.13. The average molecular weight is 347 g/mol. The highest BCUT2D eigenvalue weighted by molar-refractivity contribution is 7.99. The molecule has 2 heterocycles. The molecular weight excluding hydrogens is 322 g/mol. The van der Waals surface area contributed by atoms with Crippen LogP contribution >= 0.6 is 11.8 Å². The van der Waals surface area contributed by atoms with E-state index in [1.54, 1.807) is 17.8 Å². The van der Waals surface area contributed by atoms with E-state index in [-0.39, 0.29) is 17.9 Å². The van der Waals surface area contributed by atoms with Gasteiger partial charge in [0.05, 0.1) is 0 Å². The van der Waals surface area contributed by atoms with Gasteiger partial charge in [0, 0.05) is 11.8 Å². The van der Waals surface area contributed by atoms with Crippen molar-refractivity contribution in [1.29, 1.82) is 0 Å². The minimum atomic E-state index is -0.454. The summed E-state index contributed by atoms with van der Waals surface area (Å²) in [6, 6.07) is 3.48. The summed E-state index contributed by atoms with van der Waals surface area (Å²) in [6.45, 7) is 6.30. The molecule has 24 heavy (non-hydrogen) atoms. The van der Waals surface area contributed by atoms with Gasteiger partial charge in [-0.3, -0.25) is 9.59 Å². The van der Waals surface area contributed by atoms with Gasteiger partial charge in [0.25, 0.3) is 5.91 Å². The first-order valence-electron chi connectivity index (χ1n) is 8.69. The number of hydrogen-bond donors (Lipinski definition) is 2. The van der Waals surface area contributed by atoms with Gasteiger partial charge in [-0.2, -0.15) is 0 Å². The summed E-state index contributed by atoms with van der Waals surface area (Å²) >= 11 is 1.73. The zero-order valence-corrected chi connectivity index (χ0v) is 15.3. The van der Waals surface area contributed by atoms with E-state index in [2.05, 4.69) is 29.5 Å². The summed E-state index contributed by atoms with van der Waals surface area (Å²) in [5.41, 5.74) is 1.67. The number of carbonyl (C=O) groups excluding carboxylic acids is 2. The van der Waals surface area contributed by atoms with Gasteiger partial charge in [-0.15, -0.1) is 11.8 Å². The third kappa shape index (κ3) is 4.09. The lowest BCUT2D eigenvalue weighted by molar-refractivity contribution is -0.120. The molecule has 3 rings (SSSR count). The quantitative estimate of drug-likeness (QED) is 0.776. The summed E-state index contributed by atoms with van der Waals surface area (Å²) in [5.74, 6) is 1.79. The molecule has 2 atom stereocenters. The van der Waals surface area contributed by atoms with Crippen LogP contribution in [0.3, 0.4) is 0 Å². The molecule has 2 N–H and O–H groups in total. The highest BCUT2D eigenvalue weighted by Gasteiger charge is 2.32. The number of pyridine rings is 1. The van der Waals surface area contributed by atoms with Crippen LogP contribution in [0.2, 0.25) is 0 Å². The number of amides is 2. The summed E-state index contributed by atoms with van der Waals surface area (Å²) in [7, 11) is 0. The monoisotopic (exact) mass is 347 g/mol. The van der Waals surface area contributed by atoms with Crippen LogP contribution in [0.4, 0.5) is 0 Å². The Morgan fingerprint density at radius 2 is 2.17 bits per heavy atom.